The second-order valence-electron chi connectivity index (χ2n) is 3.65. The topological polar surface area (TPSA) is 64.6 Å². The van der Waals surface area contributed by atoms with E-state index in [4.69, 9.17) is 21.7 Å². The molecule has 0 fully saturated rings. The van der Waals surface area contributed by atoms with Crippen LogP contribution in [0.25, 0.3) is 0 Å². The van der Waals surface area contributed by atoms with E-state index in [1.165, 1.54) is 32.4 Å². The highest BCUT2D eigenvalue weighted by atomic mass is 32.2. The lowest BCUT2D eigenvalue weighted by atomic mass is 10.2. The average molecular weight is 301 g/mol. The van der Waals surface area contributed by atoms with E-state index in [0.717, 1.165) is 5.56 Å². The summed E-state index contributed by atoms with van der Waals surface area (Å²) >= 11 is 4.91. The standard InChI is InChI=1S/C12H15NO4S2/c1-9-4-6-10(7-5-9)19(14,15)13-11(18)8-12(16-2)17-3/h4-8H,1-3H3,(H,13,18). The molecule has 7 heteroatoms. The van der Waals surface area contributed by atoms with Crippen molar-refractivity contribution in [3.05, 3.63) is 41.9 Å². The Morgan fingerprint density at radius 1 is 1.21 bits per heavy atom. The summed E-state index contributed by atoms with van der Waals surface area (Å²) in [4.78, 5) is 0.129. The van der Waals surface area contributed by atoms with Crippen molar-refractivity contribution >= 4 is 27.2 Å². The van der Waals surface area contributed by atoms with E-state index >= 15 is 0 Å². The third-order valence-corrected chi connectivity index (χ3v) is 3.95. The summed E-state index contributed by atoms with van der Waals surface area (Å²) in [6, 6.07) is 6.45. The van der Waals surface area contributed by atoms with Crippen LogP contribution in [0.1, 0.15) is 5.56 Å². The fraction of sp³-hybridized carbons (Fsp3) is 0.250. The van der Waals surface area contributed by atoms with Crippen molar-refractivity contribution in [1.29, 1.82) is 0 Å². The maximum absolute atomic E-state index is 12.0. The highest BCUT2D eigenvalue weighted by Crippen LogP contribution is 2.10. The van der Waals surface area contributed by atoms with E-state index < -0.39 is 10.0 Å². The van der Waals surface area contributed by atoms with Gasteiger partial charge in [-0.05, 0) is 19.1 Å². The van der Waals surface area contributed by atoms with E-state index in [2.05, 4.69) is 4.72 Å². The summed E-state index contributed by atoms with van der Waals surface area (Å²) in [5.74, 6) is 0.122. The van der Waals surface area contributed by atoms with Gasteiger partial charge in [0, 0.05) is 0 Å². The fourth-order valence-electron chi connectivity index (χ4n) is 1.25. The van der Waals surface area contributed by atoms with E-state index in [-0.39, 0.29) is 15.8 Å². The van der Waals surface area contributed by atoms with Crippen molar-refractivity contribution < 1.29 is 17.9 Å². The van der Waals surface area contributed by atoms with Crippen LogP contribution in [-0.2, 0) is 19.5 Å². The number of hydrogen-bond acceptors (Lipinski definition) is 5. The van der Waals surface area contributed by atoms with Crippen LogP contribution in [0.3, 0.4) is 0 Å². The molecule has 0 aliphatic rings. The summed E-state index contributed by atoms with van der Waals surface area (Å²) < 4.78 is 35.9. The van der Waals surface area contributed by atoms with Crippen molar-refractivity contribution in [3.63, 3.8) is 0 Å². The van der Waals surface area contributed by atoms with Gasteiger partial charge in [-0.25, -0.2) is 8.42 Å². The molecule has 0 spiro atoms. The van der Waals surface area contributed by atoms with Gasteiger partial charge < -0.3 is 9.47 Å². The molecule has 0 aromatic heterocycles. The molecule has 0 aliphatic carbocycles. The van der Waals surface area contributed by atoms with Crippen molar-refractivity contribution in [2.24, 2.45) is 0 Å². The number of aryl methyl sites for hydroxylation is 1. The van der Waals surface area contributed by atoms with Gasteiger partial charge in [0.05, 0.1) is 25.2 Å². The molecular weight excluding hydrogens is 286 g/mol. The van der Waals surface area contributed by atoms with Crippen molar-refractivity contribution in [3.8, 4) is 0 Å². The number of hydrogen-bond donors (Lipinski definition) is 1. The number of benzene rings is 1. The van der Waals surface area contributed by atoms with Crippen LogP contribution < -0.4 is 4.72 Å². The monoisotopic (exact) mass is 301 g/mol. The van der Waals surface area contributed by atoms with E-state index in [1.54, 1.807) is 12.1 Å². The normalized spacial score (nSPS) is 10.5. The van der Waals surface area contributed by atoms with Crippen LogP contribution in [-0.4, -0.2) is 27.6 Å². The minimum Gasteiger partial charge on any atom is -0.469 e. The summed E-state index contributed by atoms with van der Waals surface area (Å²) in [5.41, 5.74) is 0.975. The van der Waals surface area contributed by atoms with Crippen molar-refractivity contribution in [1.82, 2.24) is 4.72 Å². The second-order valence-corrected chi connectivity index (χ2v) is 5.78. The summed E-state index contributed by atoms with van der Waals surface area (Å²) in [7, 11) is -0.895. The van der Waals surface area contributed by atoms with Crippen LogP contribution >= 0.6 is 12.2 Å². The minimum absolute atomic E-state index is 0.0146. The Labute approximate surface area is 118 Å². The smallest absolute Gasteiger partial charge is 0.281 e. The molecule has 0 radical (unpaired) electrons. The lowest BCUT2D eigenvalue weighted by Crippen LogP contribution is -2.28. The molecule has 0 saturated carbocycles. The lowest BCUT2D eigenvalue weighted by molar-refractivity contribution is 0.0961. The first-order valence-electron chi connectivity index (χ1n) is 5.32. The van der Waals surface area contributed by atoms with Gasteiger partial charge in [0.2, 0.25) is 0 Å². The Morgan fingerprint density at radius 3 is 2.21 bits per heavy atom. The molecule has 0 saturated heterocycles. The molecule has 0 aliphatic heterocycles. The predicted octanol–water partition coefficient (Wildman–Crippen LogP) is 1.73. The number of sulfonamides is 1. The van der Waals surface area contributed by atoms with Crippen LogP contribution in [0.15, 0.2) is 41.2 Å². The molecule has 1 rings (SSSR count). The molecule has 19 heavy (non-hydrogen) atoms. The van der Waals surface area contributed by atoms with Crippen LogP contribution in [0.4, 0.5) is 0 Å². The average Bonchev–Trinajstić information content (AvgIpc) is 2.35. The molecule has 1 aromatic carbocycles. The Hall–Kier alpha value is -1.60. The van der Waals surface area contributed by atoms with Gasteiger partial charge in [-0.3, -0.25) is 4.72 Å². The Morgan fingerprint density at radius 2 is 1.74 bits per heavy atom. The van der Waals surface area contributed by atoms with Crippen molar-refractivity contribution in [2.45, 2.75) is 11.8 Å². The zero-order valence-corrected chi connectivity index (χ0v) is 12.5. The Balaban J connectivity index is 2.89. The third-order valence-electron chi connectivity index (χ3n) is 2.22. The molecule has 0 unspecified atom stereocenters. The first kappa shape index (κ1) is 15.5. The molecule has 0 atom stereocenters. The quantitative estimate of drug-likeness (QED) is 0.510. The molecule has 0 heterocycles. The zero-order valence-electron chi connectivity index (χ0n) is 10.8. The summed E-state index contributed by atoms with van der Waals surface area (Å²) in [5, 5.41) is 0. The van der Waals surface area contributed by atoms with Gasteiger partial charge in [0.25, 0.3) is 16.0 Å². The molecule has 1 N–H and O–H groups in total. The van der Waals surface area contributed by atoms with Gasteiger partial charge >= 0.3 is 0 Å². The largest absolute Gasteiger partial charge is 0.469 e. The Kier molecular flexibility index (Phi) is 5.31. The summed E-state index contributed by atoms with van der Waals surface area (Å²) in [6.45, 7) is 1.88. The Bertz CT molecular complexity index is 570. The first-order chi connectivity index (χ1) is 8.89. The minimum atomic E-state index is -3.69. The predicted molar refractivity (Wildman–Crippen MR) is 76.2 cm³/mol. The maximum atomic E-state index is 12.0. The number of thiocarbonyl (C=S) groups is 1. The summed E-state index contributed by atoms with van der Waals surface area (Å²) in [6.07, 6.45) is 1.28. The zero-order chi connectivity index (χ0) is 14.5. The molecule has 104 valence electrons. The number of ether oxygens (including phenoxy) is 2. The van der Waals surface area contributed by atoms with Gasteiger partial charge in [0.1, 0.15) is 4.99 Å². The van der Waals surface area contributed by atoms with Crippen LogP contribution in [0.2, 0.25) is 0 Å². The highest BCUT2D eigenvalue weighted by Gasteiger charge is 2.14. The maximum Gasteiger partial charge on any atom is 0.281 e. The van der Waals surface area contributed by atoms with E-state index in [0.29, 0.717) is 0 Å². The molecule has 0 bridgehead atoms. The lowest BCUT2D eigenvalue weighted by Gasteiger charge is -2.08. The second kappa shape index (κ2) is 6.53. The van der Waals surface area contributed by atoms with E-state index in [1.807, 2.05) is 6.92 Å². The van der Waals surface area contributed by atoms with Crippen LogP contribution in [0, 0.1) is 6.92 Å². The molecule has 5 nitrogen and oxygen atoms in total. The van der Waals surface area contributed by atoms with E-state index in [9.17, 15) is 8.42 Å². The molecule has 0 amide bonds. The van der Waals surface area contributed by atoms with Crippen LogP contribution in [0.5, 0.6) is 0 Å². The highest BCUT2D eigenvalue weighted by molar-refractivity contribution is 7.92. The first-order valence-corrected chi connectivity index (χ1v) is 7.21. The molecule has 1 aromatic rings. The van der Waals surface area contributed by atoms with Gasteiger partial charge in [-0.2, -0.15) is 0 Å². The SMILES string of the molecule is COC(=CC(=S)NS(=O)(=O)c1ccc(C)cc1)OC. The molecular formula is C12H15NO4S2. The van der Waals surface area contributed by atoms with Gasteiger partial charge in [-0.1, -0.05) is 29.9 Å². The van der Waals surface area contributed by atoms with Gasteiger partial charge in [0.15, 0.2) is 0 Å². The van der Waals surface area contributed by atoms with Crippen molar-refractivity contribution in [2.75, 3.05) is 14.2 Å². The number of methoxy groups -OCH3 is 2. The van der Waals surface area contributed by atoms with Gasteiger partial charge in [-0.15, -0.1) is 0 Å². The fourth-order valence-corrected chi connectivity index (χ4v) is 2.61. The third kappa shape index (κ3) is 4.53. The number of nitrogens with one attached hydrogen (secondary N) is 1. The number of rotatable bonds is 5.